The number of carbonyl (C=O) groups is 2. The van der Waals surface area contributed by atoms with Gasteiger partial charge in [0.2, 0.25) is 0 Å². The van der Waals surface area contributed by atoms with Crippen LogP contribution in [0.25, 0.3) is 0 Å². The molecule has 1 amide bonds. The summed E-state index contributed by atoms with van der Waals surface area (Å²) in [6.45, 7) is 0.768. The Balaban J connectivity index is 2.04. The summed E-state index contributed by atoms with van der Waals surface area (Å²) in [7, 11) is 0. The van der Waals surface area contributed by atoms with Crippen molar-refractivity contribution in [3.05, 3.63) is 23.7 Å². The van der Waals surface area contributed by atoms with Crippen molar-refractivity contribution in [3.63, 3.8) is 0 Å². The molecule has 1 fully saturated rings. The number of nitrogens with zero attached hydrogens (tertiary/aromatic N) is 2. The van der Waals surface area contributed by atoms with Crippen LogP contribution in [0.1, 0.15) is 16.3 Å². The predicted octanol–water partition coefficient (Wildman–Crippen LogP) is 0.878. The summed E-state index contributed by atoms with van der Waals surface area (Å²) in [4.78, 5) is 21.3. The van der Waals surface area contributed by atoms with Crippen LogP contribution in [0.5, 0.6) is 0 Å². The van der Waals surface area contributed by atoms with Crippen molar-refractivity contribution in [2.24, 2.45) is 5.10 Å². The largest absolute Gasteiger partial charge is 0.452 e. The second-order valence-electron chi connectivity index (χ2n) is 2.84. The van der Waals surface area contributed by atoms with Gasteiger partial charge in [-0.05, 0) is 12.1 Å². The van der Waals surface area contributed by atoms with Crippen LogP contribution < -0.4 is 0 Å². The standard InChI is InChI=1S/C9H8N2O4/c12-6-8-2-1-7(15-8)5-10-11-3-4-14-9(11)13/h1-2,5-6H,3-4H2. The molecule has 1 aliphatic heterocycles. The highest BCUT2D eigenvalue weighted by Crippen LogP contribution is 2.06. The van der Waals surface area contributed by atoms with Crippen LogP contribution in [0.4, 0.5) is 4.79 Å². The highest BCUT2D eigenvalue weighted by atomic mass is 16.6. The lowest BCUT2D eigenvalue weighted by Crippen LogP contribution is -2.17. The zero-order chi connectivity index (χ0) is 10.7. The molecule has 0 spiro atoms. The molecule has 1 saturated heterocycles. The van der Waals surface area contributed by atoms with Gasteiger partial charge in [-0.1, -0.05) is 0 Å². The summed E-state index contributed by atoms with van der Waals surface area (Å²) in [6, 6.07) is 3.12. The van der Waals surface area contributed by atoms with Gasteiger partial charge < -0.3 is 9.15 Å². The van der Waals surface area contributed by atoms with Gasteiger partial charge in [-0.2, -0.15) is 10.1 Å². The Morgan fingerprint density at radius 2 is 2.20 bits per heavy atom. The summed E-state index contributed by atoms with van der Waals surface area (Å²) in [6.07, 6.45) is 1.48. The number of carbonyl (C=O) groups excluding carboxylic acids is 2. The van der Waals surface area contributed by atoms with Crippen LogP contribution in [0, 0.1) is 0 Å². The fourth-order valence-corrected chi connectivity index (χ4v) is 1.12. The van der Waals surface area contributed by atoms with E-state index in [1.807, 2.05) is 0 Å². The van der Waals surface area contributed by atoms with Crippen molar-refractivity contribution in [1.82, 2.24) is 5.01 Å². The van der Waals surface area contributed by atoms with Crippen LogP contribution in [-0.2, 0) is 4.74 Å². The highest BCUT2D eigenvalue weighted by molar-refractivity contribution is 5.80. The lowest BCUT2D eigenvalue weighted by molar-refractivity contribution is 0.110. The normalized spacial score (nSPS) is 16.0. The number of cyclic esters (lactones) is 1. The summed E-state index contributed by atoms with van der Waals surface area (Å²) < 4.78 is 9.70. The molecule has 0 saturated carbocycles. The van der Waals surface area contributed by atoms with E-state index in [0.29, 0.717) is 25.2 Å². The van der Waals surface area contributed by atoms with E-state index < -0.39 is 6.09 Å². The van der Waals surface area contributed by atoms with Crippen molar-refractivity contribution in [2.45, 2.75) is 0 Å². The van der Waals surface area contributed by atoms with Crippen molar-refractivity contribution in [1.29, 1.82) is 0 Å². The number of rotatable bonds is 3. The minimum atomic E-state index is -0.478. The molecule has 6 heteroatoms. The Hall–Kier alpha value is -2.11. The molecule has 2 rings (SSSR count). The molecule has 1 aromatic rings. The van der Waals surface area contributed by atoms with Gasteiger partial charge in [0, 0.05) is 0 Å². The van der Waals surface area contributed by atoms with Gasteiger partial charge in [-0.3, -0.25) is 4.79 Å². The van der Waals surface area contributed by atoms with E-state index in [9.17, 15) is 9.59 Å². The van der Waals surface area contributed by atoms with E-state index in [4.69, 9.17) is 4.42 Å². The van der Waals surface area contributed by atoms with Gasteiger partial charge in [0.1, 0.15) is 12.4 Å². The fourth-order valence-electron chi connectivity index (χ4n) is 1.12. The first-order valence-electron chi connectivity index (χ1n) is 4.33. The van der Waals surface area contributed by atoms with Crippen LogP contribution in [-0.4, -0.2) is 36.8 Å². The summed E-state index contributed by atoms with van der Waals surface area (Å²) in [5, 5.41) is 5.03. The van der Waals surface area contributed by atoms with E-state index in [1.54, 1.807) is 6.07 Å². The predicted molar refractivity (Wildman–Crippen MR) is 49.7 cm³/mol. The monoisotopic (exact) mass is 208 g/mol. The van der Waals surface area contributed by atoms with Crippen LogP contribution >= 0.6 is 0 Å². The minimum absolute atomic E-state index is 0.223. The quantitative estimate of drug-likeness (QED) is 0.546. The average molecular weight is 208 g/mol. The smallest absolute Gasteiger partial charge is 0.430 e. The van der Waals surface area contributed by atoms with Crippen molar-refractivity contribution < 1.29 is 18.7 Å². The number of hydrazone groups is 1. The molecular weight excluding hydrogens is 200 g/mol. The lowest BCUT2D eigenvalue weighted by Gasteiger charge is -2.01. The van der Waals surface area contributed by atoms with Crippen molar-refractivity contribution in [2.75, 3.05) is 13.2 Å². The summed E-state index contributed by atoms with van der Waals surface area (Å²) >= 11 is 0. The number of ether oxygens (including phenoxy) is 1. The Labute approximate surface area is 85.1 Å². The molecule has 0 bridgehead atoms. The Bertz CT molecular complexity index is 410. The second kappa shape index (κ2) is 3.95. The Morgan fingerprint density at radius 1 is 1.40 bits per heavy atom. The zero-order valence-corrected chi connectivity index (χ0v) is 7.75. The molecule has 6 nitrogen and oxygen atoms in total. The topological polar surface area (TPSA) is 72.1 Å². The lowest BCUT2D eigenvalue weighted by atomic mass is 10.4. The maximum Gasteiger partial charge on any atom is 0.430 e. The third kappa shape index (κ3) is 2.04. The van der Waals surface area contributed by atoms with Crippen LogP contribution in [0.15, 0.2) is 21.7 Å². The number of hydrogen-bond acceptors (Lipinski definition) is 5. The molecule has 0 aliphatic carbocycles. The molecule has 2 heterocycles. The first kappa shape index (κ1) is 9.45. The van der Waals surface area contributed by atoms with Gasteiger partial charge >= 0.3 is 6.09 Å². The average Bonchev–Trinajstić information content (AvgIpc) is 2.84. The second-order valence-corrected chi connectivity index (χ2v) is 2.84. The molecule has 0 unspecified atom stereocenters. The third-order valence-electron chi connectivity index (χ3n) is 1.83. The highest BCUT2D eigenvalue weighted by Gasteiger charge is 2.20. The van der Waals surface area contributed by atoms with Gasteiger partial charge in [0.05, 0.1) is 12.8 Å². The van der Waals surface area contributed by atoms with Gasteiger partial charge in [0.15, 0.2) is 12.0 Å². The number of aldehydes is 1. The third-order valence-corrected chi connectivity index (χ3v) is 1.83. The maximum absolute atomic E-state index is 11.0. The molecule has 0 aromatic carbocycles. The van der Waals surface area contributed by atoms with Gasteiger partial charge in [-0.15, -0.1) is 0 Å². The van der Waals surface area contributed by atoms with E-state index in [1.165, 1.54) is 17.3 Å². The van der Waals surface area contributed by atoms with Crippen molar-refractivity contribution >= 4 is 18.6 Å². The van der Waals surface area contributed by atoms with E-state index in [-0.39, 0.29) is 5.76 Å². The SMILES string of the molecule is O=Cc1ccc(C=NN2CCOC2=O)o1. The van der Waals surface area contributed by atoms with Gasteiger partial charge in [0.25, 0.3) is 0 Å². The summed E-state index contributed by atoms with van der Waals surface area (Å²) in [5.74, 6) is 0.636. The van der Waals surface area contributed by atoms with E-state index in [2.05, 4.69) is 9.84 Å². The molecule has 78 valence electrons. The Morgan fingerprint density at radius 3 is 2.80 bits per heavy atom. The van der Waals surface area contributed by atoms with Crippen LogP contribution in [0.3, 0.4) is 0 Å². The van der Waals surface area contributed by atoms with Crippen molar-refractivity contribution in [3.8, 4) is 0 Å². The van der Waals surface area contributed by atoms with Crippen LogP contribution in [0.2, 0.25) is 0 Å². The number of furan rings is 1. The van der Waals surface area contributed by atoms with Gasteiger partial charge in [-0.25, -0.2) is 4.79 Å². The molecule has 15 heavy (non-hydrogen) atoms. The molecule has 1 aromatic heterocycles. The minimum Gasteiger partial charge on any atom is -0.452 e. The maximum atomic E-state index is 11.0. The molecule has 0 radical (unpaired) electrons. The molecular formula is C9H8N2O4. The fraction of sp³-hybridized carbons (Fsp3) is 0.222. The molecule has 0 atom stereocenters. The molecule has 1 aliphatic rings. The van der Waals surface area contributed by atoms with E-state index in [0.717, 1.165) is 0 Å². The summed E-state index contributed by atoms with van der Waals surface area (Å²) in [5.41, 5.74) is 0. The Kier molecular flexibility index (Phi) is 2.49. The first-order valence-corrected chi connectivity index (χ1v) is 4.33. The number of hydrogen-bond donors (Lipinski definition) is 0. The first-order chi connectivity index (χ1) is 7.29. The number of amides is 1. The zero-order valence-electron chi connectivity index (χ0n) is 7.75. The van der Waals surface area contributed by atoms with E-state index >= 15 is 0 Å². The molecule has 0 N–H and O–H groups in total.